The minimum Gasteiger partial charge on any atom is -0.422 e. The van der Waals surface area contributed by atoms with Crippen molar-refractivity contribution in [1.29, 1.82) is 0 Å². The van der Waals surface area contributed by atoms with Gasteiger partial charge in [-0.2, -0.15) is 0 Å². The Labute approximate surface area is 82.6 Å². The lowest BCUT2D eigenvalue weighted by Crippen LogP contribution is -1.89. The van der Waals surface area contributed by atoms with Crippen LogP contribution in [0.1, 0.15) is 13.8 Å². The lowest BCUT2D eigenvalue weighted by molar-refractivity contribution is -0.132. The maximum absolute atomic E-state index is 10.4. The zero-order chi connectivity index (χ0) is 8.85. The van der Waals surface area contributed by atoms with E-state index in [9.17, 15) is 4.79 Å². The first-order chi connectivity index (χ1) is 5.20. The number of carbonyl (C=O) groups excluding carboxylic acids is 1. The first-order valence-electron chi connectivity index (χ1n) is 3.15. The van der Waals surface area contributed by atoms with Gasteiger partial charge >= 0.3 is 5.97 Å². The van der Waals surface area contributed by atoms with Gasteiger partial charge in [0.25, 0.3) is 0 Å². The minimum absolute atomic E-state index is 0.332. The number of allylic oxidation sites excluding steroid dienone is 1. The standard InChI is InChI=1S/C5H2Br2O2.C2H6/c6-5(7)3-1-2-4(8)9-3;1-2/h1-2H;1-2H3. The second-order valence-corrected chi connectivity index (χ2v) is 4.03. The summed E-state index contributed by atoms with van der Waals surface area (Å²) in [5.74, 6) is 0.182. The Morgan fingerprint density at radius 1 is 1.36 bits per heavy atom. The average Bonchev–Trinajstić information content (AvgIpc) is 2.40. The second kappa shape index (κ2) is 5.55. The second-order valence-electron chi connectivity index (χ2n) is 1.38. The fourth-order valence-corrected chi connectivity index (χ4v) is 0.848. The summed E-state index contributed by atoms with van der Waals surface area (Å²) in [5.41, 5.74) is 0. The lowest BCUT2D eigenvalue weighted by Gasteiger charge is -1.92. The van der Waals surface area contributed by atoms with E-state index in [-0.39, 0.29) is 5.97 Å². The molecule has 0 atom stereocenters. The van der Waals surface area contributed by atoms with Gasteiger partial charge in [-0.25, -0.2) is 4.79 Å². The SMILES string of the molecule is CC.O=C1C=CC(=C(Br)Br)O1. The summed E-state index contributed by atoms with van der Waals surface area (Å²) >= 11 is 6.19. The van der Waals surface area contributed by atoms with E-state index >= 15 is 0 Å². The maximum Gasteiger partial charge on any atom is 0.336 e. The summed E-state index contributed by atoms with van der Waals surface area (Å²) in [7, 11) is 0. The third kappa shape index (κ3) is 3.72. The lowest BCUT2D eigenvalue weighted by atomic mass is 10.5. The zero-order valence-corrected chi connectivity index (χ0v) is 9.40. The van der Waals surface area contributed by atoms with Gasteiger partial charge in [0, 0.05) is 6.08 Å². The van der Waals surface area contributed by atoms with Crippen molar-refractivity contribution in [1.82, 2.24) is 0 Å². The molecule has 0 bridgehead atoms. The summed E-state index contributed by atoms with van der Waals surface area (Å²) in [4.78, 5) is 10.4. The Balaban J connectivity index is 0.000000461. The summed E-state index contributed by atoms with van der Waals surface area (Å²) < 4.78 is 5.31. The molecule has 11 heavy (non-hydrogen) atoms. The summed E-state index contributed by atoms with van der Waals surface area (Å²) in [6.07, 6.45) is 2.94. The van der Waals surface area contributed by atoms with Crippen molar-refractivity contribution in [2.45, 2.75) is 13.8 Å². The van der Waals surface area contributed by atoms with E-state index in [2.05, 4.69) is 36.6 Å². The Hall–Kier alpha value is -0.0900. The van der Waals surface area contributed by atoms with Gasteiger partial charge in [0.05, 0.1) is 0 Å². The van der Waals surface area contributed by atoms with Gasteiger partial charge in [-0.05, 0) is 37.9 Å². The highest BCUT2D eigenvalue weighted by molar-refractivity contribution is 9.28. The highest BCUT2D eigenvalue weighted by atomic mass is 79.9. The molecule has 0 radical (unpaired) electrons. The molecule has 0 fully saturated rings. The van der Waals surface area contributed by atoms with E-state index in [0.717, 1.165) is 0 Å². The smallest absolute Gasteiger partial charge is 0.336 e. The molecule has 2 nitrogen and oxygen atoms in total. The molecule has 1 aliphatic rings. The Morgan fingerprint density at radius 2 is 1.91 bits per heavy atom. The van der Waals surface area contributed by atoms with Gasteiger partial charge in [-0.1, -0.05) is 13.8 Å². The third-order valence-corrected chi connectivity index (χ3v) is 1.55. The number of hydrogen-bond acceptors (Lipinski definition) is 2. The zero-order valence-electron chi connectivity index (χ0n) is 6.23. The van der Waals surface area contributed by atoms with Crippen LogP contribution in [-0.2, 0) is 9.53 Å². The van der Waals surface area contributed by atoms with Crippen molar-refractivity contribution in [2.24, 2.45) is 0 Å². The molecule has 1 aliphatic heterocycles. The van der Waals surface area contributed by atoms with Crippen LogP contribution in [0.4, 0.5) is 0 Å². The van der Waals surface area contributed by atoms with Crippen molar-refractivity contribution in [2.75, 3.05) is 0 Å². The molecule has 62 valence electrons. The van der Waals surface area contributed by atoms with Gasteiger partial charge in [-0.3, -0.25) is 0 Å². The molecular weight excluding hydrogens is 276 g/mol. The number of halogens is 2. The largest absolute Gasteiger partial charge is 0.422 e. The Kier molecular flexibility index (Phi) is 5.50. The molecule has 1 rings (SSSR count). The van der Waals surface area contributed by atoms with Gasteiger partial charge in [0.2, 0.25) is 0 Å². The number of carbonyl (C=O) groups is 1. The van der Waals surface area contributed by atoms with Crippen LogP contribution in [0.5, 0.6) is 0 Å². The predicted octanol–water partition coefficient (Wildman–Crippen LogP) is 3.08. The number of ether oxygens (including phenoxy) is 1. The fourth-order valence-electron chi connectivity index (χ4n) is 0.422. The van der Waals surface area contributed by atoms with Gasteiger partial charge in [0.1, 0.15) is 3.39 Å². The van der Waals surface area contributed by atoms with Crippen LogP contribution in [0.2, 0.25) is 0 Å². The molecule has 0 aromatic carbocycles. The van der Waals surface area contributed by atoms with Crippen LogP contribution < -0.4 is 0 Å². The third-order valence-electron chi connectivity index (χ3n) is 0.768. The van der Waals surface area contributed by atoms with Gasteiger partial charge in [-0.15, -0.1) is 0 Å². The molecule has 0 N–H and O–H groups in total. The molecule has 0 saturated carbocycles. The number of hydrogen-bond donors (Lipinski definition) is 0. The number of esters is 1. The topological polar surface area (TPSA) is 26.3 Å². The highest BCUT2D eigenvalue weighted by Gasteiger charge is 2.11. The first kappa shape index (κ1) is 10.9. The molecule has 1 heterocycles. The van der Waals surface area contributed by atoms with E-state index in [1.54, 1.807) is 6.08 Å². The molecule has 0 unspecified atom stereocenters. The van der Waals surface area contributed by atoms with Crippen LogP contribution in [0, 0.1) is 0 Å². The highest BCUT2D eigenvalue weighted by Crippen LogP contribution is 2.23. The minimum atomic E-state index is -0.332. The van der Waals surface area contributed by atoms with E-state index < -0.39 is 0 Å². The predicted molar refractivity (Wildman–Crippen MR) is 51.5 cm³/mol. The van der Waals surface area contributed by atoms with E-state index in [0.29, 0.717) is 9.15 Å². The normalized spacial score (nSPS) is 13.8. The van der Waals surface area contributed by atoms with E-state index in [1.807, 2.05) is 13.8 Å². The van der Waals surface area contributed by atoms with E-state index in [4.69, 9.17) is 0 Å². The number of cyclic esters (lactones) is 1. The van der Waals surface area contributed by atoms with Crippen molar-refractivity contribution in [3.8, 4) is 0 Å². The Morgan fingerprint density at radius 3 is 2.09 bits per heavy atom. The summed E-state index contributed by atoms with van der Waals surface area (Å²) in [5, 5.41) is 0. The Bertz CT molecular complexity index is 202. The van der Waals surface area contributed by atoms with Crippen LogP contribution in [-0.4, -0.2) is 5.97 Å². The first-order valence-corrected chi connectivity index (χ1v) is 4.74. The van der Waals surface area contributed by atoms with Gasteiger partial charge in [0.15, 0.2) is 5.76 Å². The average molecular weight is 284 g/mol. The van der Waals surface area contributed by atoms with Gasteiger partial charge < -0.3 is 4.74 Å². The molecule has 0 spiro atoms. The molecule has 0 aliphatic carbocycles. The summed E-state index contributed by atoms with van der Waals surface area (Å²) in [6.45, 7) is 4.00. The molecule has 0 aromatic heterocycles. The fraction of sp³-hybridized carbons (Fsp3) is 0.286. The molecule has 0 aromatic rings. The maximum atomic E-state index is 10.4. The molecule has 4 heteroatoms. The molecule has 0 amide bonds. The quantitative estimate of drug-likeness (QED) is 0.639. The van der Waals surface area contributed by atoms with Crippen LogP contribution in [0.25, 0.3) is 0 Å². The summed E-state index contributed by atoms with van der Waals surface area (Å²) in [6, 6.07) is 0. The van der Waals surface area contributed by atoms with Crippen molar-refractivity contribution < 1.29 is 9.53 Å². The van der Waals surface area contributed by atoms with E-state index in [1.165, 1.54) is 6.08 Å². The molecular formula is C7H8Br2O2. The van der Waals surface area contributed by atoms with Crippen molar-refractivity contribution in [3.05, 3.63) is 21.3 Å². The number of rotatable bonds is 0. The van der Waals surface area contributed by atoms with Crippen molar-refractivity contribution >= 4 is 37.8 Å². The van der Waals surface area contributed by atoms with Crippen molar-refractivity contribution in [3.63, 3.8) is 0 Å². The monoisotopic (exact) mass is 282 g/mol. The van der Waals surface area contributed by atoms with Crippen LogP contribution in [0.15, 0.2) is 21.3 Å². The van der Waals surface area contributed by atoms with Crippen LogP contribution in [0.3, 0.4) is 0 Å². The van der Waals surface area contributed by atoms with Crippen LogP contribution >= 0.6 is 31.9 Å². The molecule has 0 saturated heterocycles.